The van der Waals surface area contributed by atoms with Gasteiger partial charge in [-0.05, 0) is 30.0 Å². The number of amides is 1. The minimum absolute atomic E-state index is 0.0484. The molecular weight excluding hydrogens is 304 g/mol. The van der Waals surface area contributed by atoms with E-state index in [4.69, 9.17) is 0 Å². The molecule has 2 aromatic rings. The van der Waals surface area contributed by atoms with Gasteiger partial charge in [-0.15, -0.1) is 0 Å². The normalized spacial score (nSPS) is 16.5. The monoisotopic (exact) mass is 324 g/mol. The van der Waals surface area contributed by atoms with Crippen LogP contribution < -0.4 is 10.2 Å². The van der Waals surface area contributed by atoms with Gasteiger partial charge in [-0.25, -0.2) is 9.97 Å². The number of rotatable bonds is 3. The van der Waals surface area contributed by atoms with Gasteiger partial charge in [-0.1, -0.05) is 12.1 Å². The SMILES string of the molecule is CC(=O)Nc1ncc2c(n1)CC(c1ccc(N(C)C)cc1)CC2=O. The van der Waals surface area contributed by atoms with Gasteiger partial charge in [0.2, 0.25) is 11.9 Å². The molecule has 1 aromatic carbocycles. The molecule has 1 amide bonds. The number of benzene rings is 1. The molecule has 1 N–H and O–H groups in total. The third-order valence-corrected chi connectivity index (χ3v) is 4.21. The summed E-state index contributed by atoms with van der Waals surface area (Å²) in [5, 5.41) is 2.57. The molecule has 6 nitrogen and oxygen atoms in total. The van der Waals surface area contributed by atoms with Crippen molar-refractivity contribution >= 4 is 23.3 Å². The first kappa shape index (κ1) is 16.1. The number of nitrogens with zero attached hydrogens (tertiary/aromatic N) is 3. The number of anilines is 2. The Labute approximate surface area is 140 Å². The summed E-state index contributed by atoms with van der Waals surface area (Å²) in [7, 11) is 3.99. The van der Waals surface area contributed by atoms with Crippen LogP contribution in [0.1, 0.15) is 40.9 Å². The Morgan fingerprint density at radius 3 is 2.54 bits per heavy atom. The van der Waals surface area contributed by atoms with Crippen molar-refractivity contribution in [2.24, 2.45) is 0 Å². The molecule has 6 heteroatoms. The van der Waals surface area contributed by atoms with Crippen molar-refractivity contribution in [3.63, 3.8) is 0 Å². The van der Waals surface area contributed by atoms with Crippen LogP contribution in [0.3, 0.4) is 0 Å². The highest BCUT2D eigenvalue weighted by Crippen LogP contribution is 2.32. The lowest BCUT2D eigenvalue weighted by molar-refractivity contribution is -0.114. The van der Waals surface area contributed by atoms with Crippen LogP contribution in [-0.2, 0) is 11.2 Å². The van der Waals surface area contributed by atoms with Crippen molar-refractivity contribution < 1.29 is 9.59 Å². The second-order valence-corrected chi connectivity index (χ2v) is 6.25. The van der Waals surface area contributed by atoms with E-state index in [1.165, 1.54) is 13.1 Å². The lowest BCUT2D eigenvalue weighted by atomic mass is 9.82. The average Bonchev–Trinajstić information content (AvgIpc) is 2.54. The Morgan fingerprint density at radius 2 is 1.92 bits per heavy atom. The number of fused-ring (bicyclic) bond motifs is 1. The van der Waals surface area contributed by atoms with E-state index >= 15 is 0 Å². The van der Waals surface area contributed by atoms with Gasteiger partial charge in [0.15, 0.2) is 5.78 Å². The highest BCUT2D eigenvalue weighted by Gasteiger charge is 2.28. The van der Waals surface area contributed by atoms with Crippen LogP contribution in [0.2, 0.25) is 0 Å². The largest absolute Gasteiger partial charge is 0.378 e. The Morgan fingerprint density at radius 1 is 1.21 bits per heavy atom. The second kappa shape index (κ2) is 6.39. The minimum atomic E-state index is -0.229. The van der Waals surface area contributed by atoms with Crippen molar-refractivity contribution in [3.8, 4) is 0 Å². The third-order valence-electron chi connectivity index (χ3n) is 4.21. The summed E-state index contributed by atoms with van der Waals surface area (Å²) in [4.78, 5) is 34.0. The van der Waals surface area contributed by atoms with Crippen LogP contribution in [0.4, 0.5) is 11.6 Å². The number of hydrogen-bond donors (Lipinski definition) is 1. The fourth-order valence-electron chi connectivity index (χ4n) is 2.94. The maximum atomic E-state index is 12.4. The predicted octanol–water partition coefficient (Wildman–Crippen LogP) is 2.41. The standard InChI is InChI=1S/C18H20N4O2/c1-11(23)20-18-19-10-15-16(21-18)8-13(9-17(15)24)12-4-6-14(7-5-12)22(2)3/h4-7,10,13H,8-9H2,1-3H3,(H,19,20,21,23). The minimum Gasteiger partial charge on any atom is -0.378 e. The van der Waals surface area contributed by atoms with Crippen LogP contribution in [0.15, 0.2) is 30.5 Å². The topological polar surface area (TPSA) is 75.2 Å². The molecule has 0 radical (unpaired) electrons. The van der Waals surface area contributed by atoms with Gasteiger partial charge in [0, 0.05) is 39.3 Å². The molecule has 0 fully saturated rings. The molecule has 0 aliphatic heterocycles. The zero-order chi connectivity index (χ0) is 17.3. The van der Waals surface area contributed by atoms with E-state index in [9.17, 15) is 9.59 Å². The molecule has 0 saturated carbocycles. The van der Waals surface area contributed by atoms with E-state index in [0.717, 1.165) is 11.3 Å². The Balaban J connectivity index is 1.87. The highest BCUT2D eigenvalue weighted by molar-refractivity contribution is 5.98. The highest BCUT2D eigenvalue weighted by atomic mass is 16.1. The first-order valence-corrected chi connectivity index (χ1v) is 7.88. The van der Waals surface area contributed by atoms with Gasteiger partial charge in [0.05, 0.1) is 11.3 Å². The molecular formula is C18H20N4O2. The smallest absolute Gasteiger partial charge is 0.229 e. The molecule has 1 atom stereocenters. The molecule has 1 unspecified atom stereocenters. The van der Waals surface area contributed by atoms with Gasteiger partial charge < -0.3 is 4.90 Å². The van der Waals surface area contributed by atoms with E-state index in [-0.39, 0.29) is 23.6 Å². The molecule has 0 saturated heterocycles. The number of carbonyl (C=O) groups is 2. The van der Waals surface area contributed by atoms with E-state index < -0.39 is 0 Å². The molecule has 0 bridgehead atoms. The van der Waals surface area contributed by atoms with E-state index in [0.29, 0.717) is 24.1 Å². The maximum absolute atomic E-state index is 12.4. The molecule has 0 spiro atoms. The number of hydrogen-bond acceptors (Lipinski definition) is 5. The van der Waals surface area contributed by atoms with Crippen LogP contribution in [0, 0.1) is 0 Å². The van der Waals surface area contributed by atoms with Gasteiger partial charge in [0.25, 0.3) is 0 Å². The summed E-state index contributed by atoms with van der Waals surface area (Å²) in [5.41, 5.74) is 3.51. The number of ketones is 1. The zero-order valence-electron chi connectivity index (χ0n) is 14.0. The van der Waals surface area contributed by atoms with Gasteiger partial charge in [-0.3, -0.25) is 14.9 Å². The van der Waals surface area contributed by atoms with Gasteiger partial charge >= 0.3 is 0 Å². The Kier molecular flexibility index (Phi) is 4.29. The van der Waals surface area contributed by atoms with Gasteiger partial charge in [0.1, 0.15) is 0 Å². The van der Waals surface area contributed by atoms with E-state index in [1.807, 2.05) is 19.0 Å². The number of Topliss-reactive ketones (excluding diaryl/α,β-unsaturated/α-hetero) is 1. The van der Waals surface area contributed by atoms with Crippen molar-refractivity contribution in [1.29, 1.82) is 0 Å². The van der Waals surface area contributed by atoms with Crippen molar-refractivity contribution in [2.45, 2.75) is 25.7 Å². The first-order chi connectivity index (χ1) is 11.4. The molecule has 24 heavy (non-hydrogen) atoms. The van der Waals surface area contributed by atoms with Gasteiger partial charge in [-0.2, -0.15) is 0 Å². The Hall–Kier alpha value is -2.76. The molecule has 1 aromatic heterocycles. The average molecular weight is 324 g/mol. The van der Waals surface area contributed by atoms with Crippen LogP contribution in [0.25, 0.3) is 0 Å². The summed E-state index contributed by atoms with van der Waals surface area (Å²) in [6.45, 7) is 1.41. The van der Waals surface area contributed by atoms with Crippen LogP contribution in [0.5, 0.6) is 0 Å². The number of carbonyl (C=O) groups excluding carboxylic acids is 2. The second-order valence-electron chi connectivity index (χ2n) is 6.25. The summed E-state index contributed by atoms with van der Waals surface area (Å²) < 4.78 is 0. The zero-order valence-corrected chi connectivity index (χ0v) is 14.0. The number of aromatic nitrogens is 2. The molecule has 1 aliphatic carbocycles. The van der Waals surface area contributed by atoms with E-state index in [2.05, 4.69) is 39.6 Å². The molecule has 1 aliphatic rings. The lowest BCUT2D eigenvalue weighted by Gasteiger charge is -2.24. The summed E-state index contributed by atoms with van der Waals surface area (Å²) in [6.07, 6.45) is 2.63. The van der Waals surface area contributed by atoms with Crippen LogP contribution >= 0.6 is 0 Å². The third kappa shape index (κ3) is 3.27. The quantitative estimate of drug-likeness (QED) is 0.938. The fraction of sp³-hybridized carbons (Fsp3) is 0.333. The summed E-state index contributed by atoms with van der Waals surface area (Å²) in [5.74, 6) is 0.166. The van der Waals surface area contributed by atoms with E-state index in [1.54, 1.807) is 0 Å². The van der Waals surface area contributed by atoms with Crippen molar-refractivity contribution in [1.82, 2.24) is 9.97 Å². The lowest BCUT2D eigenvalue weighted by Crippen LogP contribution is -2.22. The molecule has 3 rings (SSSR count). The molecule has 124 valence electrons. The van der Waals surface area contributed by atoms with Crippen molar-refractivity contribution in [3.05, 3.63) is 47.3 Å². The first-order valence-electron chi connectivity index (χ1n) is 7.88. The fourth-order valence-corrected chi connectivity index (χ4v) is 2.94. The summed E-state index contributed by atoms with van der Waals surface area (Å²) >= 11 is 0. The maximum Gasteiger partial charge on any atom is 0.229 e. The van der Waals surface area contributed by atoms with Crippen LogP contribution in [-0.4, -0.2) is 35.8 Å². The summed E-state index contributed by atoms with van der Waals surface area (Å²) in [6, 6.07) is 8.23. The molecule has 1 heterocycles. The number of nitrogens with one attached hydrogen (secondary N) is 1. The Bertz CT molecular complexity index is 784. The van der Waals surface area contributed by atoms with Crippen molar-refractivity contribution in [2.75, 3.05) is 24.3 Å². The predicted molar refractivity (Wildman–Crippen MR) is 92.5 cm³/mol.